The van der Waals surface area contributed by atoms with Crippen molar-refractivity contribution in [1.82, 2.24) is 24.3 Å². The lowest BCUT2D eigenvalue weighted by Gasteiger charge is -2.28. The number of carbonyl (C=O) groups excluding carboxylic acids is 1. The maximum atomic E-state index is 13.8. The first kappa shape index (κ1) is 20.0. The fourth-order valence-corrected chi connectivity index (χ4v) is 5.15. The quantitative estimate of drug-likeness (QED) is 0.612. The second-order valence-electron chi connectivity index (χ2n) is 9.19. The van der Waals surface area contributed by atoms with Crippen molar-refractivity contribution in [2.75, 3.05) is 19.6 Å². The lowest BCUT2D eigenvalue weighted by molar-refractivity contribution is -0.136. The van der Waals surface area contributed by atoms with Crippen LogP contribution in [0, 0.1) is 5.41 Å². The van der Waals surface area contributed by atoms with Gasteiger partial charge in [-0.3, -0.25) is 14.7 Å². The molecule has 5 rings (SSSR count). The molecule has 0 radical (unpaired) electrons. The molecule has 0 aliphatic carbocycles. The summed E-state index contributed by atoms with van der Waals surface area (Å²) in [4.78, 5) is 27.2. The van der Waals surface area contributed by atoms with Gasteiger partial charge < -0.3 is 13.9 Å². The maximum absolute atomic E-state index is 13.8. The lowest BCUT2D eigenvalue weighted by Crippen LogP contribution is -2.39. The molecule has 0 aromatic carbocycles. The fraction of sp³-hybridized carbons (Fsp3) is 0.458. The minimum Gasteiger partial charge on any atom is -0.472 e. The third kappa shape index (κ3) is 3.67. The van der Waals surface area contributed by atoms with Crippen LogP contribution in [0.25, 0.3) is 0 Å². The summed E-state index contributed by atoms with van der Waals surface area (Å²) in [7, 11) is 0. The summed E-state index contributed by atoms with van der Waals surface area (Å²) >= 11 is 0. The average molecular weight is 420 g/mol. The predicted octanol–water partition coefficient (Wildman–Crippen LogP) is 3.47. The van der Waals surface area contributed by atoms with Gasteiger partial charge in [-0.15, -0.1) is 0 Å². The zero-order valence-corrected chi connectivity index (χ0v) is 18.1. The van der Waals surface area contributed by atoms with Gasteiger partial charge in [0, 0.05) is 68.8 Å². The zero-order chi connectivity index (χ0) is 21.4. The second-order valence-corrected chi connectivity index (χ2v) is 9.19. The van der Waals surface area contributed by atoms with Crippen LogP contribution in [0.3, 0.4) is 0 Å². The van der Waals surface area contributed by atoms with E-state index in [-0.39, 0.29) is 11.8 Å². The number of furan rings is 1. The average Bonchev–Trinajstić information content (AvgIpc) is 3.55. The minimum atomic E-state index is -0.428. The molecule has 3 aromatic heterocycles. The van der Waals surface area contributed by atoms with Gasteiger partial charge in [0.25, 0.3) is 0 Å². The molecule has 2 fully saturated rings. The van der Waals surface area contributed by atoms with Crippen molar-refractivity contribution in [1.29, 1.82) is 0 Å². The van der Waals surface area contributed by atoms with E-state index in [9.17, 15) is 4.79 Å². The van der Waals surface area contributed by atoms with E-state index in [2.05, 4.69) is 34.5 Å². The molecule has 1 amide bonds. The number of carbonyl (C=O) groups is 1. The van der Waals surface area contributed by atoms with Crippen molar-refractivity contribution in [2.45, 2.75) is 45.3 Å². The predicted molar refractivity (Wildman–Crippen MR) is 116 cm³/mol. The van der Waals surface area contributed by atoms with Gasteiger partial charge in [0.2, 0.25) is 5.91 Å². The summed E-state index contributed by atoms with van der Waals surface area (Å²) in [5.41, 5.74) is 2.81. The van der Waals surface area contributed by atoms with E-state index >= 15 is 0 Å². The molecule has 2 saturated heterocycles. The van der Waals surface area contributed by atoms with Gasteiger partial charge in [-0.1, -0.05) is 6.07 Å². The van der Waals surface area contributed by atoms with E-state index in [4.69, 9.17) is 9.40 Å². The maximum Gasteiger partial charge on any atom is 0.231 e. The number of hydrogen-bond donors (Lipinski definition) is 0. The summed E-state index contributed by atoms with van der Waals surface area (Å²) in [6, 6.07) is 6.31. The number of pyridine rings is 1. The summed E-state index contributed by atoms with van der Waals surface area (Å²) < 4.78 is 7.40. The number of imidazole rings is 1. The van der Waals surface area contributed by atoms with Gasteiger partial charge in [0.15, 0.2) is 0 Å². The summed E-state index contributed by atoms with van der Waals surface area (Å²) in [5, 5.41) is 0. The van der Waals surface area contributed by atoms with Gasteiger partial charge in [0.05, 0.1) is 30.0 Å². The Balaban J connectivity index is 1.43. The van der Waals surface area contributed by atoms with Crippen molar-refractivity contribution < 1.29 is 9.21 Å². The molecule has 5 heterocycles. The molecule has 2 aliphatic rings. The van der Waals surface area contributed by atoms with Gasteiger partial charge >= 0.3 is 0 Å². The van der Waals surface area contributed by atoms with E-state index in [1.165, 1.54) is 0 Å². The first-order chi connectivity index (χ1) is 15.0. The van der Waals surface area contributed by atoms with Crippen molar-refractivity contribution in [2.24, 2.45) is 5.41 Å². The van der Waals surface area contributed by atoms with Crippen LogP contribution in [-0.4, -0.2) is 49.9 Å². The molecule has 3 aromatic rings. The Hall–Kier alpha value is -2.93. The van der Waals surface area contributed by atoms with Crippen LogP contribution >= 0.6 is 0 Å². The molecule has 2 aliphatic heterocycles. The molecule has 31 heavy (non-hydrogen) atoms. The summed E-state index contributed by atoms with van der Waals surface area (Å²) in [6.45, 7) is 8.05. The molecule has 7 heteroatoms. The number of rotatable bonds is 6. The van der Waals surface area contributed by atoms with E-state index in [1.54, 1.807) is 18.7 Å². The first-order valence-electron chi connectivity index (χ1n) is 11.0. The Morgan fingerprint density at radius 3 is 2.87 bits per heavy atom. The Kier molecular flexibility index (Phi) is 5.14. The van der Waals surface area contributed by atoms with Gasteiger partial charge in [0.1, 0.15) is 0 Å². The van der Waals surface area contributed by atoms with Crippen molar-refractivity contribution >= 4 is 5.91 Å². The monoisotopic (exact) mass is 419 g/mol. The highest BCUT2D eigenvalue weighted by Gasteiger charge is 2.57. The van der Waals surface area contributed by atoms with Crippen LogP contribution < -0.4 is 0 Å². The fourth-order valence-electron chi connectivity index (χ4n) is 5.15. The summed E-state index contributed by atoms with van der Waals surface area (Å²) in [6.07, 6.45) is 12.0. The SMILES string of the molecule is CC(C)n1cnc([C@H]2CN(Cc3ccoc3)C[C@]23CCN(Cc2cccnc2)C3=O)c1. The van der Waals surface area contributed by atoms with Crippen LogP contribution in [-0.2, 0) is 17.9 Å². The number of likely N-dealkylation sites (tertiary alicyclic amines) is 2. The zero-order valence-electron chi connectivity index (χ0n) is 18.1. The van der Waals surface area contributed by atoms with E-state index < -0.39 is 5.41 Å². The standard InChI is InChI=1S/C24H29N5O2/c1-18(2)29-14-22(26-17-29)21-13-27(11-20-5-9-31-15-20)16-24(21)6-8-28(23(24)30)12-19-4-3-7-25-10-19/h3-5,7,9-10,14-15,17-18,21H,6,8,11-13,16H2,1-2H3/t21-,24-/m1/s1. The highest BCUT2D eigenvalue weighted by atomic mass is 16.3. The topological polar surface area (TPSA) is 67.4 Å². The molecular formula is C24H29N5O2. The number of amides is 1. The van der Waals surface area contributed by atoms with Crippen LogP contribution in [0.4, 0.5) is 0 Å². The normalized spacial score (nSPS) is 24.2. The third-order valence-electron chi connectivity index (χ3n) is 6.81. The van der Waals surface area contributed by atoms with Crippen LogP contribution in [0.2, 0.25) is 0 Å². The first-order valence-corrected chi connectivity index (χ1v) is 11.0. The van der Waals surface area contributed by atoms with Crippen LogP contribution in [0.5, 0.6) is 0 Å². The molecule has 0 N–H and O–H groups in total. The molecule has 0 bridgehead atoms. The number of aromatic nitrogens is 3. The van der Waals surface area contributed by atoms with Gasteiger partial charge in [-0.2, -0.15) is 0 Å². The summed E-state index contributed by atoms with van der Waals surface area (Å²) in [5.74, 6) is 0.334. The molecule has 0 saturated carbocycles. The number of nitrogens with zero attached hydrogens (tertiary/aromatic N) is 5. The smallest absolute Gasteiger partial charge is 0.231 e. The molecule has 1 spiro atoms. The largest absolute Gasteiger partial charge is 0.472 e. The Morgan fingerprint density at radius 2 is 2.16 bits per heavy atom. The minimum absolute atomic E-state index is 0.0887. The molecule has 0 unspecified atom stereocenters. The van der Waals surface area contributed by atoms with Crippen LogP contribution in [0.1, 0.15) is 49.0 Å². The van der Waals surface area contributed by atoms with Crippen molar-refractivity contribution in [3.8, 4) is 0 Å². The Labute approximate surface area is 182 Å². The van der Waals surface area contributed by atoms with E-state index in [1.807, 2.05) is 35.6 Å². The third-order valence-corrected chi connectivity index (χ3v) is 6.81. The molecule has 7 nitrogen and oxygen atoms in total. The molecule has 2 atom stereocenters. The molecular weight excluding hydrogens is 390 g/mol. The van der Waals surface area contributed by atoms with Gasteiger partial charge in [-0.25, -0.2) is 4.98 Å². The van der Waals surface area contributed by atoms with Crippen molar-refractivity contribution in [3.05, 3.63) is 72.5 Å². The van der Waals surface area contributed by atoms with E-state index in [0.29, 0.717) is 12.6 Å². The highest BCUT2D eigenvalue weighted by molar-refractivity contribution is 5.86. The Morgan fingerprint density at radius 1 is 1.26 bits per heavy atom. The van der Waals surface area contributed by atoms with Crippen molar-refractivity contribution in [3.63, 3.8) is 0 Å². The second kappa shape index (κ2) is 7.96. The van der Waals surface area contributed by atoms with Crippen LogP contribution in [0.15, 0.2) is 60.1 Å². The lowest BCUT2D eigenvalue weighted by atomic mass is 9.75. The molecule has 162 valence electrons. The highest BCUT2D eigenvalue weighted by Crippen LogP contribution is 2.50. The van der Waals surface area contributed by atoms with Gasteiger partial charge in [-0.05, 0) is 38.0 Å². The van der Waals surface area contributed by atoms with E-state index in [0.717, 1.165) is 49.4 Å². The number of hydrogen-bond acceptors (Lipinski definition) is 5. The Bertz CT molecular complexity index is 1030.